The zero-order chi connectivity index (χ0) is 12.3. The highest BCUT2D eigenvalue weighted by atomic mass is 79.9. The van der Waals surface area contributed by atoms with Crippen LogP contribution in [0.15, 0.2) is 15.9 Å². The summed E-state index contributed by atoms with van der Waals surface area (Å²) >= 11 is 4.91. The molecular weight excluding hydrogens is 336 g/mol. The number of hydrogen-bond donors (Lipinski definition) is 1. The van der Waals surface area contributed by atoms with E-state index in [1.807, 2.05) is 24.1 Å². The molecule has 1 aromatic heterocycles. The molecule has 0 aromatic carbocycles. The minimum Gasteiger partial charge on any atom is -0.338 e. The van der Waals surface area contributed by atoms with Gasteiger partial charge in [0.15, 0.2) is 0 Å². The molecule has 1 N–H and O–H groups in total. The maximum atomic E-state index is 12.3. The number of nitrogens with zero attached hydrogens (tertiary/aromatic N) is 1. The van der Waals surface area contributed by atoms with Gasteiger partial charge in [0, 0.05) is 13.1 Å². The van der Waals surface area contributed by atoms with Crippen molar-refractivity contribution in [3.05, 3.63) is 20.8 Å². The Labute approximate surface area is 126 Å². The van der Waals surface area contributed by atoms with Crippen LogP contribution in [0.5, 0.6) is 0 Å². The second kappa shape index (κ2) is 7.48. The van der Waals surface area contributed by atoms with Gasteiger partial charge in [0.25, 0.3) is 5.91 Å². The third-order valence-electron chi connectivity index (χ3n) is 3.08. The molecule has 1 aliphatic heterocycles. The van der Waals surface area contributed by atoms with Crippen LogP contribution in [0.2, 0.25) is 0 Å². The van der Waals surface area contributed by atoms with E-state index in [2.05, 4.69) is 21.2 Å². The minimum atomic E-state index is 0. The van der Waals surface area contributed by atoms with E-state index in [9.17, 15) is 4.79 Å². The maximum Gasteiger partial charge on any atom is 0.263 e. The third-order valence-corrected chi connectivity index (χ3v) is 4.69. The highest BCUT2D eigenvalue weighted by molar-refractivity contribution is 9.11. The molecule has 1 amide bonds. The molecular formula is C12H18BrClN2OS. The number of rotatable bonds is 3. The fourth-order valence-corrected chi connectivity index (χ4v) is 3.64. The van der Waals surface area contributed by atoms with Gasteiger partial charge in [-0.3, -0.25) is 4.79 Å². The molecule has 0 radical (unpaired) electrons. The number of halogens is 2. The van der Waals surface area contributed by atoms with Gasteiger partial charge in [-0.05, 0) is 60.4 Å². The van der Waals surface area contributed by atoms with Gasteiger partial charge in [-0.1, -0.05) is 0 Å². The third kappa shape index (κ3) is 3.95. The number of carbonyl (C=O) groups excluding carboxylic acids is 1. The first kappa shape index (κ1) is 16.0. The van der Waals surface area contributed by atoms with Crippen LogP contribution in [0.3, 0.4) is 0 Å². The van der Waals surface area contributed by atoms with Crippen molar-refractivity contribution in [2.24, 2.45) is 5.92 Å². The Morgan fingerprint density at radius 1 is 1.61 bits per heavy atom. The number of amides is 1. The summed E-state index contributed by atoms with van der Waals surface area (Å²) in [6, 6.07) is 3.84. The SMILES string of the molecule is CNCC1CCCN(C(=O)c2ccc(Br)s2)C1.Cl. The van der Waals surface area contributed by atoms with E-state index in [1.165, 1.54) is 17.8 Å². The highest BCUT2D eigenvalue weighted by Gasteiger charge is 2.24. The average Bonchev–Trinajstić information content (AvgIpc) is 2.76. The number of hydrogen-bond acceptors (Lipinski definition) is 3. The molecule has 6 heteroatoms. The second-order valence-electron chi connectivity index (χ2n) is 4.42. The molecule has 1 saturated heterocycles. The van der Waals surface area contributed by atoms with E-state index in [-0.39, 0.29) is 18.3 Å². The Morgan fingerprint density at radius 2 is 2.39 bits per heavy atom. The van der Waals surface area contributed by atoms with Gasteiger partial charge < -0.3 is 10.2 Å². The van der Waals surface area contributed by atoms with Gasteiger partial charge in [-0.15, -0.1) is 23.7 Å². The van der Waals surface area contributed by atoms with E-state index in [1.54, 1.807) is 0 Å². The highest BCUT2D eigenvalue weighted by Crippen LogP contribution is 2.25. The molecule has 3 nitrogen and oxygen atoms in total. The summed E-state index contributed by atoms with van der Waals surface area (Å²) in [5, 5.41) is 3.20. The van der Waals surface area contributed by atoms with Crippen LogP contribution in [0.25, 0.3) is 0 Å². The Balaban J connectivity index is 0.00000162. The predicted octanol–water partition coefficient (Wildman–Crippen LogP) is 3.00. The Morgan fingerprint density at radius 3 is 3.00 bits per heavy atom. The van der Waals surface area contributed by atoms with Crippen molar-refractivity contribution in [1.82, 2.24) is 10.2 Å². The lowest BCUT2D eigenvalue weighted by molar-refractivity contribution is 0.0679. The number of thiophene rings is 1. The van der Waals surface area contributed by atoms with Crippen LogP contribution in [0, 0.1) is 5.92 Å². The Hall–Kier alpha value is -0.100. The van der Waals surface area contributed by atoms with Crippen LogP contribution in [0.4, 0.5) is 0 Å². The summed E-state index contributed by atoms with van der Waals surface area (Å²) in [6.07, 6.45) is 2.34. The normalized spacial score (nSPS) is 19.4. The molecule has 2 heterocycles. The monoisotopic (exact) mass is 352 g/mol. The Kier molecular flexibility index (Phi) is 6.63. The topological polar surface area (TPSA) is 32.3 Å². The fourth-order valence-electron chi connectivity index (χ4n) is 2.29. The first-order chi connectivity index (χ1) is 8.20. The van der Waals surface area contributed by atoms with Gasteiger partial charge in [0.2, 0.25) is 0 Å². The molecule has 1 fully saturated rings. The van der Waals surface area contributed by atoms with Crippen molar-refractivity contribution < 1.29 is 4.79 Å². The van der Waals surface area contributed by atoms with Crippen LogP contribution >= 0.6 is 39.7 Å². The van der Waals surface area contributed by atoms with Crippen LogP contribution in [0.1, 0.15) is 22.5 Å². The maximum absolute atomic E-state index is 12.3. The van der Waals surface area contributed by atoms with Crippen LogP contribution < -0.4 is 5.32 Å². The summed E-state index contributed by atoms with van der Waals surface area (Å²) in [7, 11) is 1.97. The first-order valence-electron chi connectivity index (χ1n) is 5.90. The van der Waals surface area contributed by atoms with Crippen molar-refractivity contribution in [2.45, 2.75) is 12.8 Å². The summed E-state index contributed by atoms with van der Waals surface area (Å²) < 4.78 is 1.02. The average molecular weight is 354 g/mol. The molecule has 0 bridgehead atoms. The van der Waals surface area contributed by atoms with Gasteiger partial charge in [-0.25, -0.2) is 0 Å². The van der Waals surface area contributed by atoms with Crippen molar-refractivity contribution >= 4 is 45.6 Å². The van der Waals surface area contributed by atoms with E-state index in [4.69, 9.17) is 0 Å². The van der Waals surface area contributed by atoms with Crippen molar-refractivity contribution in [1.29, 1.82) is 0 Å². The molecule has 0 aliphatic carbocycles. The molecule has 0 saturated carbocycles. The second-order valence-corrected chi connectivity index (χ2v) is 6.88. The molecule has 1 aliphatic rings. The minimum absolute atomic E-state index is 0. The van der Waals surface area contributed by atoms with Gasteiger partial charge >= 0.3 is 0 Å². The largest absolute Gasteiger partial charge is 0.338 e. The number of carbonyl (C=O) groups is 1. The molecule has 102 valence electrons. The van der Waals surface area contributed by atoms with Crippen molar-refractivity contribution in [2.75, 3.05) is 26.7 Å². The van der Waals surface area contributed by atoms with Gasteiger partial charge in [0.1, 0.15) is 0 Å². The predicted molar refractivity (Wildman–Crippen MR) is 81.8 cm³/mol. The lowest BCUT2D eigenvalue weighted by Crippen LogP contribution is -2.42. The number of likely N-dealkylation sites (tertiary alicyclic amines) is 1. The van der Waals surface area contributed by atoms with Crippen LogP contribution in [-0.2, 0) is 0 Å². The molecule has 18 heavy (non-hydrogen) atoms. The van der Waals surface area contributed by atoms with E-state index in [0.29, 0.717) is 5.92 Å². The van der Waals surface area contributed by atoms with E-state index < -0.39 is 0 Å². The summed E-state index contributed by atoms with van der Waals surface area (Å²) in [6.45, 7) is 2.78. The number of piperidine rings is 1. The smallest absolute Gasteiger partial charge is 0.263 e. The van der Waals surface area contributed by atoms with Gasteiger partial charge in [-0.2, -0.15) is 0 Å². The lowest BCUT2D eigenvalue weighted by atomic mass is 9.98. The van der Waals surface area contributed by atoms with Crippen molar-refractivity contribution in [3.63, 3.8) is 0 Å². The standard InChI is InChI=1S/C12H17BrN2OS.ClH/c1-14-7-9-3-2-6-15(8-9)12(16)10-4-5-11(13)17-10;/h4-5,9,14H,2-3,6-8H2,1H3;1H. The zero-order valence-electron chi connectivity index (χ0n) is 10.3. The van der Waals surface area contributed by atoms with E-state index >= 15 is 0 Å². The molecule has 2 rings (SSSR count). The van der Waals surface area contributed by atoms with E-state index in [0.717, 1.165) is 34.7 Å². The summed E-state index contributed by atoms with van der Waals surface area (Å²) in [5.74, 6) is 0.780. The van der Waals surface area contributed by atoms with Crippen molar-refractivity contribution in [3.8, 4) is 0 Å². The van der Waals surface area contributed by atoms with Gasteiger partial charge in [0.05, 0.1) is 8.66 Å². The summed E-state index contributed by atoms with van der Waals surface area (Å²) in [4.78, 5) is 15.1. The zero-order valence-corrected chi connectivity index (χ0v) is 13.5. The lowest BCUT2D eigenvalue weighted by Gasteiger charge is -2.32. The number of nitrogens with one attached hydrogen (secondary N) is 1. The molecule has 1 unspecified atom stereocenters. The quantitative estimate of drug-likeness (QED) is 0.906. The first-order valence-corrected chi connectivity index (χ1v) is 7.51. The molecule has 1 atom stereocenters. The Bertz CT molecular complexity index is 397. The summed E-state index contributed by atoms with van der Waals surface area (Å²) in [5.41, 5.74) is 0. The molecule has 0 spiro atoms. The van der Waals surface area contributed by atoms with Crippen LogP contribution in [-0.4, -0.2) is 37.5 Å². The molecule has 1 aromatic rings. The fraction of sp³-hybridized carbons (Fsp3) is 0.583.